The quantitative estimate of drug-likeness (QED) is 0.936. The van der Waals surface area contributed by atoms with Crippen LogP contribution >= 0.6 is 22.9 Å². The highest BCUT2D eigenvalue weighted by atomic mass is 35.5. The molecule has 2 rings (SSSR count). The molecule has 2 N–H and O–H groups in total. The summed E-state index contributed by atoms with van der Waals surface area (Å²) in [5.41, 5.74) is 8.12. The maximum Gasteiger partial charge on any atom is 0.0847 e. The molecule has 0 aliphatic heterocycles. The van der Waals surface area contributed by atoms with E-state index in [0.29, 0.717) is 0 Å². The van der Waals surface area contributed by atoms with Crippen LogP contribution in [0.1, 0.15) is 34.1 Å². The molecule has 2 aromatic heterocycles. The fourth-order valence-electron chi connectivity index (χ4n) is 1.99. The minimum Gasteiger partial charge on any atom is -0.323 e. The number of rotatable bonds is 4. The molecule has 0 fully saturated rings. The van der Waals surface area contributed by atoms with Crippen LogP contribution in [0.3, 0.4) is 0 Å². The number of halogens is 1. The molecule has 0 bridgehead atoms. The average Bonchev–Trinajstić information content (AvgIpc) is 2.90. The van der Waals surface area contributed by atoms with Gasteiger partial charge in [-0.3, -0.25) is 4.68 Å². The van der Waals surface area contributed by atoms with E-state index in [9.17, 15) is 0 Å². The van der Waals surface area contributed by atoms with Crippen LogP contribution in [-0.2, 0) is 19.9 Å². The first-order valence-electron chi connectivity index (χ1n) is 6.05. The largest absolute Gasteiger partial charge is 0.323 e. The van der Waals surface area contributed by atoms with E-state index >= 15 is 0 Å². The van der Waals surface area contributed by atoms with E-state index in [1.165, 1.54) is 9.75 Å². The van der Waals surface area contributed by atoms with Crippen LogP contribution in [0, 0.1) is 6.92 Å². The van der Waals surface area contributed by atoms with Crippen molar-refractivity contribution in [3.05, 3.63) is 38.3 Å². The van der Waals surface area contributed by atoms with Crippen LogP contribution in [-0.4, -0.2) is 9.78 Å². The SMILES string of the molecule is CCc1ccc(C(N)Cc2c(Cl)c(C)nn2C)s1. The Kier molecular flexibility index (Phi) is 4.10. The summed E-state index contributed by atoms with van der Waals surface area (Å²) in [6.07, 6.45) is 1.78. The molecule has 18 heavy (non-hydrogen) atoms. The van der Waals surface area contributed by atoms with Gasteiger partial charge in [0.2, 0.25) is 0 Å². The minimum absolute atomic E-state index is 0.0115. The van der Waals surface area contributed by atoms with Crippen LogP contribution in [0.4, 0.5) is 0 Å². The van der Waals surface area contributed by atoms with Crippen LogP contribution in [0.25, 0.3) is 0 Å². The fourth-order valence-corrected chi connectivity index (χ4v) is 3.19. The normalized spacial score (nSPS) is 12.9. The zero-order valence-corrected chi connectivity index (χ0v) is 12.5. The minimum atomic E-state index is -0.0115. The van der Waals surface area contributed by atoms with Crippen LogP contribution < -0.4 is 5.73 Å². The molecule has 0 saturated heterocycles. The molecule has 0 aromatic carbocycles. The second-order valence-electron chi connectivity index (χ2n) is 4.44. The molecule has 0 saturated carbocycles. The van der Waals surface area contributed by atoms with Gasteiger partial charge in [0.15, 0.2) is 0 Å². The van der Waals surface area contributed by atoms with E-state index in [0.717, 1.165) is 29.3 Å². The van der Waals surface area contributed by atoms with Crippen molar-refractivity contribution >= 4 is 22.9 Å². The number of hydrogen-bond donors (Lipinski definition) is 1. The molecule has 0 radical (unpaired) electrons. The maximum absolute atomic E-state index is 6.25. The van der Waals surface area contributed by atoms with Crippen molar-refractivity contribution in [3.8, 4) is 0 Å². The molecule has 1 atom stereocenters. The van der Waals surface area contributed by atoms with E-state index in [1.54, 1.807) is 11.3 Å². The second kappa shape index (κ2) is 5.43. The summed E-state index contributed by atoms with van der Waals surface area (Å²) in [4.78, 5) is 2.58. The van der Waals surface area contributed by atoms with Gasteiger partial charge in [0, 0.05) is 29.3 Å². The first kappa shape index (κ1) is 13.6. The van der Waals surface area contributed by atoms with Crippen LogP contribution in [0.15, 0.2) is 12.1 Å². The smallest absolute Gasteiger partial charge is 0.0847 e. The molecule has 0 aliphatic rings. The number of aromatic nitrogens is 2. The Hall–Kier alpha value is -0.840. The zero-order chi connectivity index (χ0) is 13.3. The summed E-state index contributed by atoms with van der Waals surface area (Å²) in [5, 5.41) is 5.05. The molecular weight excluding hydrogens is 266 g/mol. The Labute approximate surface area is 117 Å². The second-order valence-corrected chi connectivity index (χ2v) is 6.02. The van der Waals surface area contributed by atoms with Gasteiger partial charge in [-0.05, 0) is 25.5 Å². The Morgan fingerprint density at radius 2 is 2.22 bits per heavy atom. The van der Waals surface area contributed by atoms with Gasteiger partial charge >= 0.3 is 0 Å². The molecule has 0 aliphatic carbocycles. The predicted octanol–water partition coefficient (Wildman–Crippen LogP) is 3.25. The summed E-state index contributed by atoms with van der Waals surface area (Å²) in [7, 11) is 1.91. The van der Waals surface area contributed by atoms with Gasteiger partial charge in [-0.25, -0.2) is 0 Å². The maximum atomic E-state index is 6.25. The summed E-state index contributed by atoms with van der Waals surface area (Å²) in [5.74, 6) is 0. The highest BCUT2D eigenvalue weighted by Crippen LogP contribution is 2.28. The monoisotopic (exact) mass is 283 g/mol. The van der Waals surface area contributed by atoms with Gasteiger partial charge in [-0.1, -0.05) is 18.5 Å². The van der Waals surface area contributed by atoms with Crippen molar-refractivity contribution in [2.75, 3.05) is 0 Å². The topological polar surface area (TPSA) is 43.8 Å². The van der Waals surface area contributed by atoms with Gasteiger partial charge < -0.3 is 5.73 Å². The lowest BCUT2D eigenvalue weighted by molar-refractivity contribution is 0.646. The lowest BCUT2D eigenvalue weighted by Crippen LogP contribution is -2.14. The Morgan fingerprint density at radius 1 is 1.50 bits per heavy atom. The summed E-state index contributed by atoms with van der Waals surface area (Å²) < 4.78 is 1.83. The molecule has 3 nitrogen and oxygen atoms in total. The molecule has 2 aromatic rings. The summed E-state index contributed by atoms with van der Waals surface area (Å²) >= 11 is 8.02. The van der Waals surface area contributed by atoms with E-state index in [4.69, 9.17) is 17.3 Å². The Bertz CT molecular complexity index is 544. The number of thiophene rings is 1. The van der Waals surface area contributed by atoms with E-state index in [-0.39, 0.29) is 6.04 Å². The fraction of sp³-hybridized carbons (Fsp3) is 0.462. The van der Waals surface area contributed by atoms with Crippen molar-refractivity contribution in [3.63, 3.8) is 0 Å². The Morgan fingerprint density at radius 3 is 2.72 bits per heavy atom. The van der Waals surface area contributed by atoms with Gasteiger partial charge in [0.1, 0.15) is 0 Å². The third-order valence-electron chi connectivity index (χ3n) is 3.07. The molecular formula is C13H18ClN3S. The number of nitrogens with zero attached hydrogens (tertiary/aromatic N) is 2. The highest BCUT2D eigenvalue weighted by molar-refractivity contribution is 7.12. The predicted molar refractivity (Wildman–Crippen MR) is 77.3 cm³/mol. The number of aryl methyl sites for hydroxylation is 3. The van der Waals surface area contributed by atoms with Crippen molar-refractivity contribution in [2.45, 2.75) is 32.7 Å². The Balaban J connectivity index is 2.18. The van der Waals surface area contributed by atoms with Crippen molar-refractivity contribution in [1.82, 2.24) is 9.78 Å². The lowest BCUT2D eigenvalue weighted by atomic mass is 10.1. The van der Waals surface area contributed by atoms with Crippen molar-refractivity contribution in [2.24, 2.45) is 12.8 Å². The molecule has 98 valence electrons. The lowest BCUT2D eigenvalue weighted by Gasteiger charge is -2.10. The van der Waals surface area contributed by atoms with Crippen molar-refractivity contribution in [1.29, 1.82) is 0 Å². The summed E-state index contributed by atoms with van der Waals surface area (Å²) in [6, 6.07) is 4.25. The van der Waals surface area contributed by atoms with Gasteiger partial charge in [-0.2, -0.15) is 5.10 Å². The van der Waals surface area contributed by atoms with Crippen LogP contribution in [0.2, 0.25) is 5.02 Å². The first-order chi connectivity index (χ1) is 8.52. The number of nitrogens with two attached hydrogens (primary N) is 1. The standard InChI is InChI=1S/C13H18ClN3S/c1-4-9-5-6-12(18-9)10(15)7-11-13(14)8(2)16-17(11)3/h5-6,10H,4,7,15H2,1-3H3. The van der Waals surface area contributed by atoms with E-state index in [2.05, 4.69) is 24.2 Å². The molecule has 1 unspecified atom stereocenters. The van der Waals surface area contributed by atoms with Gasteiger partial charge in [-0.15, -0.1) is 11.3 Å². The third kappa shape index (κ3) is 2.60. The number of hydrogen-bond acceptors (Lipinski definition) is 3. The average molecular weight is 284 g/mol. The van der Waals surface area contributed by atoms with Gasteiger partial charge in [0.05, 0.1) is 16.4 Å². The molecule has 0 amide bonds. The summed E-state index contributed by atoms with van der Waals surface area (Å²) in [6.45, 7) is 4.07. The van der Waals surface area contributed by atoms with E-state index < -0.39 is 0 Å². The molecule has 5 heteroatoms. The van der Waals surface area contributed by atoms with E-state index in [1.807, 2.05) is 18.7 Å². The van der Waals surface area contributed by atoms with Crippen molar-refractivity contribution < 1.29 is 0 Å². The third-order valence-corrected chi connectivity index (χ3v) is 4.92. The first-order valence-corrected chi connectivity index (χ1v) is 7.24. The van der Waals surface area contributed by atoms with Crippen LogP contribution in [0.5, 0.6) is 0 Å². The zero-order valence-electron chi connectivity index (χ0n) is 10.9. The van der Waals surface area contributed by atoms with Gasteiger partial charge in [0.25, 0.3) is 0 Å². The molecule has 2 heterocycles. The highest BCUT2D eigenvalue weighted by Gasteiger charge is 2.16. The molecule has 0 spiro atoms.